The molecule has 0 saturated carbocycles. The first-order valence-corrected chi connectivity index (χ1v) is 10.4. The molecule has 9 nitrogen and oxygen atoms in total. The summed E-state index contributed by atoms with van der Waals surface area (Å²) in [5.41, 5.74) is 12.0. The molecule has 4 N–H and O–H groups in total. The zero-order valence-corrected chi connectivity index (χ0v) is 17.9. The van der Waals surface area contributed by atoms with Crippen molar-refractivity contribution < 1.29 is 33.2 Å². The average Bonchev–Trinajstić information content (AvgIpc) is 2.78. The maximum Gasteiger partial charge on any atom is 0.119 e. The van der Waals surface area contributed by atoms with E-state index in [0.29, 0.717) is 99.0 Å². The minimum atomic E-state index is 0.498. The predicted molar refractivity (Wildman–Crippen MR) is 114 cm³/mol. The van der Waals surface area contributed by atoms with E-state index in [4.69, 9.17) is 44.6 Å². The summed E-state index contributed by atoms with van der Waals surface area (Å²) < 4.78 is 37.8. The molecule has 30 heavy (non-hydrogen) atoms. The third-order valence-electron chi connectivity index (χ3n) is 3.78. The molecule has 0 aliphatic carbocycles. The summed E-state index contributed by atoms with van der Waals surface area (Å²) >= 11 is 0. The Hall–Kier alpha value is -1.30. The Kier molecular flexibility index (Phi) is 18.7. The van der Waals surface area contributed by atoms with Crippen molar-refractivity contribution in [2.45, 2.75) is 6.54 Å². The van der Waals surface area contributed by atoms with Gasteiger partial charge in [-0.25, -0.2) is 0 Å². The molecule has 0 aromatic heterocycles. The van der Waals surface area contributed by atoms with Gasteiger partial charge in [-0.2, -0.15) is 0 Å². The van der Waals surface area contributed by atoms with Gasteiger partial charge in [0.05, 0.1) is 79.3 Å². The molecular formula is C21H38N2O7. The largest absolute Gasteiger partial charge is 0.491 e. The highest BCUT2D eigenvalue weighted by atomic mass is 16.6. The highest BCUT2D eigenvalue weighted by Gasteiger charge is 1.96. The zero-order chi connectivity index (χ0) is 21.5. The maximum atomic E-state index is 5.58. The number of nitrogens with two attached hydrogens (primary N) is 2. The second-order valence-corrected chi connectivity index (χ2v) is 6.16. The molecule has 1 rings (SSSR count). The smallest absolute Gasteiger partial charge is 0.119 e. The standard InChI is InChI=1S/C21H38N2O7/c22-5-6-24-7-8-25-9-10-26-11-12-27-13-14-28-15-16-29-17-18-30-21-3-1-20(19-23)2-4-21/h1-4H,5-19,22-23H2. The second kappa shape index (κ2) is 21.0. The third kappa shape index (κ3) is 16.5. The average molecular weight is 431 g/mol. The Balaban J connectivity index is 1.71. The summed E-state index contributed by atoms with van der Waals surface area (Å²) in [5.74, 6) is 0.814. The van der Waals surface area contributed by atoms with Crippen LogP contribution in [0.4, 0.5) is 0 Å². The van der Waals surface area contributed by atoms with Crippen LogP contribution in [0.5, 0.6) is 5.75 Å². The van der Waals surface area contributed by atoms with Gasteiger partial charge in [0, 0.05) is 13.1 Å². The molecule has 0 bridgehead atoms. The molecule has 0 aliphatic rings. The van der Waals surface area contributed by atoms with Crippen molar-refractivity contribution >= 4 is 0 Å². The molecule has 0 spiro atoms. The highest BCUT2D eigenvalue weighted by molar-refractivity contribution is 5.26. The van der Waals surface area contributed by atoms with Gasteiger partial charge >= 0.3 is 0 Å². The molecule has 0 aliphatic heterocycles. The van der Waals surface area contributed by atoms with Crippen molar-refractivity contribution in [2.24, 2.45) is 11.5 Å². The van der Waals surface area contributed by atoms with E-state index in [0.717, 1.165) is 11.3 Å². The maximum absolute atomic E-state index is 5.58. The first kappa shape index (κ1) is 26.7. The molecule has 0 atom stereocenters. The fourth-order valence-corrected chi connectivity index (χ4v) is 2.23. The van der Waals surface area contributed by atoms with E-state index in [1.54, 1.807) is 0 Å². The van der Waals surface area contributed by atoms with Crippen LogP contribution in [0.15, 0.2) is 24.3 Å². The summed E-state index contributed by atoms with van der Waals surface area (Å²) in [6, 6.07) is 7.72. The second-order valence-electron chi connectivity index (χ2n) is 6.16. The van der Waals surface area contributed by atoms with E-state index in [2.05, 4.69) is 0 Å². The van der Waals surface area contributed by atoms with Crippen LogP contribution in [0.1, 0.15) is 5.56 Å². The Labute approximate surface area is 179 Å². The highest BCUT2D eigenvalue weighted by Crippen LogP contribution is 2.11. The predicted octanol–water partition coefficient (Wildman–Crippen LogP) is 0.582. The normalized spacial score (nSPS) is 11.1. The summed E-state index contributed by atoms with van der Waals surface area (Å²) in [5, 5.41) is 0. The third-order valence-corrected chi connectivity index (χ3v) is 3.78. The molecule has 1 aromatic carbocycles. The van der Waals surface area contributed by atoms with Crippen LogP contribution in [0, 0.1) is 0 Å². The van der Waals surface area contributed by atoms with Crippen molar-refractivity contribution in [1.82, 2.24) is 0 Å². The molecule has 0 fully saturated rings. The molecular weight excluding hydrogens is 392 g/mol. The Morgan fingerprint density at radius 1 is 0.467 bits per heavy atom. The van der Waals surface area contributed by atoms with Gasteiger partial charge in [-0.3, -0.25) is 0 Å². The first-order chi connectivity index (χ1) is 14.9. The minimum absolute atomic E-state index is 0.498. The summed E-state index contributed by atoms with van der Waals surface area (Å²) in [7, 11) is 0. The van der Waals surface area contributed by atoms with Gasteiger partial charge in [0.25, 0.3) is 0 Å². The monoisotopic (exact) mass is 430 g/mol. The fraction of sp³-hybridized carbons (Fsp3) is 0.714. The lowest BCUT2D eigenvalue weighted by Gasteiger charge is -2.09. The van der Waals surface area contributed by atoms with Crippen molar-refractivity contribution in [1.29, 1.82) is 0 Å². The van der Waals surface area contributed by atoms with Crippen molar-refractivity contribution in [3.8, 4) is 5.75 Å². The summed E-state index contributed by atoms with van der Waals surface area (Å²) in [6.45, 7) is 8.00. The minimum Gasteiger partial charge on any atom is -0.491 e. The SMILES string of the molecule is NCCOCCOCCOCCOCCOCCOCCOc1ccc(CN)cc1. The quantitative estimate of drug-likeness (QED) is 0.255. The molecule has 0 radical (unpaired) electrons. The van der Waals surface area contributed by atoms with E-state index < -0.39 is 0 Å². The Morgan fingerprint density at radius 2 is 0.833 bits per heavy atom. The van der Waals surface area contributed by atoms with Gasteiger partial charge in [-0.15, -0.1) is 0 Å². The van der Waals surface area contributed by atoms with Crippen LogP contribution in [0.25, 0.3) is 0 Å². The number of benzene rings is 1. The van der Waals surface area contributed by atoms with E-state index in [1.165, 1.54) is 0 Å². The van der Waals surface area contributed by atoms with E-state index in [9.17, 15) is 0 Å². The van der Waals surface area contributed by atoms with E-state index in [-0.39, 0.29) is 0 Å². The molecule has 0 heterocycles. The number of ether oxygens (including phenoxy) is 7. The van der Waals surface area contributed by atoms with Crippen LogP contribution in [-0.4, -0.2) is 92.4 Å². The topological polar surface area (TPSA) is 117 Å². The van der Waals surface area contributed by atoms with Gasteiger partial charge in [0.15, 0.2) is 0 Å². The molecule has 9 heteroatoms. The number of hydrogen-bond donors (Lipinski definition) is 2. The summed E-state index contributed by atoms with van der Waals surface area (Å²) in [4.78, 5) is 0. The molecule has 174 valence electrons. The lowest BCUT2D eigenvalue weighted by atomic mass is 10.2. The molecule has 0 amide bonds. The Bertz CT molecular complexity index is 477. The van der Waals surface area contributed by atoms with E-state index in [1.807, 2.05) is 24.3 Å². The van der Waals surface area contributed by atoms with Crippen LogP contribution >= 0.6 is 0 Å². The lowest BCUT2D eigenvalue weighted by molar-refractivity contribution is -0.0175. The van der Waals surface area contributed by atoms with Gasteiger partial charge in [0.1, 0.15) is 12.4 Å². The van der Waals surface area contributed by atoms with Gasteiger partial charge in [0.2, 0.25) is 0 Å². The molecule has 0 saturated heterocycles. The van der Waals surface area contributed by atoms with Crippen LogP contribution in [0.2, 0.25) is 0 Å². The van der Waals surface area contributed by atoms with Crippen LogP contribution in [-0.2, 0) is 35.0 Å². The number of hydrogen-bond acceptors (Lipinski definition) is 9. The molecule has 1 aromatic rings. The Morgan fingerprint density at radius 3 is 1.20 bits per heavy atom. The van der Waals surface area contributed by atoms with Gasteiger partial charge < -0.3 is 44.6 Å². The van der Waals surface area contributed by atoms with Crippen molar-refractivity contribution in [3.05, 3.63) is 29.8 Å². The summed E-state index contributed by atoms with van der Waals surface area (Å²) in [6.07, 6.45) is 0. The zero-order valence-electron chi connectivity index (χ0n) is 17.9. The molecule has 0 unspecified atom stereocenters. The van der Waals surface area contributed by atoms with Crippen molar-refractivity contribution in [3.63, 3.8) is 0 Å². The lowest BCUT2D eigenvalue weighted by Crippen LogP contribution is -2.15. The first-order valence-electron chi connectivity index (χ1n) is 10.4. The van der Waals surface area contributed by atoms with Crippen LogP contribution in [0.3, 0.4) is 0 Å². The van der Waals surface area contributed by atoms with Gasteiger partial charge in [-0.05, 0) is 17.7 Å². The van der Waals surface area contributed by atoms with Crippen molar-refractivity contribution in [2.75, 3.05) is 92.4 Å². The van der Waals surface area contributed by atoms with Crippen LogP contribution < -0.4 is 16.2 Å². The van der Waals surface area contributed by atoms with Gasteiger partial charge in [-0.1, -0.05) is 12.1 Å². The fourth-order valence-electron chi connectivity index (χ4n) is 2.23. The van der Waals surface area contributed by atoms with E-state index >= 15 is 0 Å². The number of rotatable bonds is 22.